The zero-order valence-electron chi connectivity index (χ0n) is 18.9. The summed E-state index contributed by atoms with van der Waals surface area (Å²) in [6.07, 6.45) is 0. The lowest BCUT2D eigenvalue weighted by molar-refractivity contribution is 0.0887. The molecule has 2 aromatic rings. The summed E-state index contributed by atoms with van der Waals surface area (Å²) in [5.41, 5.74) is 2.98. The van der Waals surface area contributed by atoms with Crippen molar-refractivity contribution >= 4 is 18.4 Å². The Morgan fingerprint density at radius 2 is 0.966 bits per heavy atom. The van der Waals surface area contributed by atoms with Crippen LogP contribution in [0.15, 0.2) is 24.3 Å². The average Bonchev–Trinajstić information content (AvgIpc) is 2.50. The number of carbonyl (C=O) groups excluding carboxylic acids is 2. The van der Waals surface area contributed by atoms with Gasteiger partial charge < -0.3 is 4.52 Å². The van der Waals surface area contributed by atoms with Crippen molar-refractivity contribution in [1.82, 2.24) is 0 Å². The molecule has 0 aliphatic rings. The predicted molar refractivity (Wildman–Crippen MR) is 118 cm³/mol. The Labute approximate surface area is 174 Å². The highest BCUT2D eigenvalue weighted by Gasteiger charge is 2.47. The van der Waals surface area contributed by atoms with Gasteiger partial charge in [0.15, 0.2) is 0 Å². The Morgan fingerprint density at radius 3 is 1.21 bits per heavy atom. The summed E-state index contributed by atoms with van der Waals surface area (Å²) in [6, 6.07) is 7.42. The number of hydrogen-bond donors (Lipinski definition) is 0. The first kappa shape index (κ1) is 23.3. The molecule has 0 bridgehead atoms. The maximum atomic E-state index is 14.1. The molecule has 5 heteroatoms. The van der Waals surface area contributed by atoms with E-state index in [0.29, 0.717) is 33.4 Å². The molecule has 0 spiro atoms. The quantitative estimate of drug-likeness (QED) is 0.517. The molecule has 0 unspecified atom stereocenters. The van der Waals surface area contributed by atoms with Gasteiger partial charge in [0.1, 0.15) is 0 Å². The molecular weight excluding hydrogens is 383 g/mol. The Morgan fingerprint density at radius 1 is 0.690 bits per heavy atom. The molecule has 29 heavy (non-hydrogen) atoms. The van der Waals surface area contributed by atoms with E-state index in [4.69, 9.17) is 4.52 Å². The third-order valence-corrected chi connectivity index (χ3v) is 7.04. The number of hydrogen-bond acceptors (Lipinski definition) is 4. The van der Waals surface area contributed by atoms with Gasteiger partial charge in [0, 0.05) is 11.1 Å². The van der Waals surface area contributed by atoms with E-state index in [2.05, 4.69) is 0 Å². The van der Waals surface area contributed by atoms with Crippen molar-refractivity contribution in [3.63, 3.8) is 0 Å². The summed E-state index contributed by atoms with van der Waals surface area (Å²) in [5.74, 6) is 0. The van der Waals surface area contributed by atoms with E-state index < -0.39 is 24.0 Å². The van der Waals surface area contributed by atoms with Crippen LogP contribution in [0, 0.1) is 41.5 Å². The van der Waals surface area contributed by atoms with Crippen molar-refractivity contribution in [3.8, 4) is 0 Å². The summed E-state index contributed by atoms with van der Waals surface area (Å²) in [5, 5.41) is 0. The summed E-state index contributed by atoms with van der Waals surface area (Å²) in [4.78, 5) is 27.2. The first-order chi connectivity index (χ1) is 13.2. The van der Waals surface area contributed by atoms with Crippen LogP contribution < -0.4 is 0 Å². The van der Waals surface area contributed by atoms with Crippen LogP contribution in [0.3, 0.4) is 0 Å². The molecule has 156 valence electrons. The van der Waals surface area contributed by atoms with E-state index in [1.54, 1.807) is 48.5 Å². The zero-order valence-corrected chi connectivity index (χ0v) is 19.8. The lowest BCUT2D eigenvalue weighted by Gasteiger charge is -2.27. The topological polar surface area (TPSA) is 60.4 Å². The molecule has 0 radical (unpaired) electrons. The van der Waals surface area contributed by atoms with Crippen LogP contribution in [0.25, 0.3) is 0 Å². The fourth-order valence-corrected chi connectivity index (χ4v) is 6.31. The van der Waals surface area contributed by atoms with Gasteiger partial charge in [-0.2, -0.15) is 0 Å². The number of rotatable bonds is 5. The maximum absolute atomic E-state index is 14.1. The monoisotopic (exact) mass is 414 g/mol. The summed E-state index contributed by atoms with van der Waals surface area (Å²) < 4.78 is 19.9. The van der Waals surface area contributed by atoms with Gasteiger partial charge in [-0.25, -0.2) is 0 Å². The molecule has 0 saturated heterocycles. The minimum Gasteiger partial charge on any atom is -0.312 e. The SMILES string of the molecule is Cc1cc(C)c(C(=O)P(=O)(OC(C)(C)C)C(=O)c2c(C)cc(C)cc2C)c(C)c1. The van der Waals surface area contributed by atoms with E-state index in [1.165, 1.54) is 0 Å². The molecule has 4 nitrogen and oxygen atoms in total. The van der Waals surface area contributed by atoms with Gasteiger partial charge in [-0.1, -0.05) is 35.4 Å². The van der Waals surface area contributed by atoms with Crippen LogP contribution >= 0.6 is 7.37 Å². The molecule has 2 aromatic carbocycles. The number of carbonyl (C=O) groups is 2. The van der Waals surface area contributed by atoms with E-state index in [0.717, 1.165) is 11.1 Å². The molecule has 0 heterocycles. The standard InChI is InChI=1S/C24H31O4P/c1-14-10-16(3)20(17(4)11-14)22(25)29(27,28-24(7,8)9)23(26)21-18(5)12-15(2)13-19(21)6/h10-13H,1-9H3. The molecular formula is C24H31O4P. The van der Waals surface area contributed by atoms with Crippen LogP contribution in [-0.2, 0) is 9.09 Å². The second-order valence-electron chi connectivity index (χ2n) is 8.91. The van der Waals surface area contributed by atoms with Gasteiger partial charge in [-0.15, -0.1) is 0 Å². The summed E-state index contributed by atoms with van der Waals surface area (Å²) in [7, 11) is -4.38. The van der Waals surface area contributed by atoms with Crippen molar-refractivity contribution in [1.29, 1.82) is 0 Å². The fraction of sp³-hybridized carbons (Fsp3) is 0.417. The highest BCUT2D eigenvalue weighted by Crippen LogP contribution is 2.57. The first-order valence-corrected chi connectivity index (χ1v) is 11.4. The van der Waals surface area contributed by atoms with E-state index in [1.807, 2.05) is 38.1 Å². The van der Waals surface area contributed by atoms with Crippen molar-refractivity contribution in [2.45, 2.75) is 67.9 Å². The van der Waals surface area contributed by atoms with Gasteiger partial charge in [0.25, 0.3) is 11.0 Å². The highest BCUT2D eigenvalue weighted by atomic mass is 31.2. The second-order valence-corrected chi connectivity index (χ2v) is 11.0. The van der Waals surface area contributed by atoms with Crippen LogP contribution in [0.5, 0.6) is 0 Å². The minimum absolute atomic E-state index is 0.305. The highest BCUT2D eigenvalue weighted by molar-refractivity contribution is 7.91. The predicted octanol–water partition coefficient (Wildman–Crippen LogP) is 6.61. The normalized spacial score (nSPS) is 12.2. The Kier molecular flexibility index (Phi) is 6.42. The van der Waals surface area contributed by atoms with Gasteiger partial charge in [-0.3, -0.25) is 14.2 Å². The molecule has 0 fully saturated rings. The number of aryl methyl sites for hydroxylation is 6. The lowest BCUT2D eigenvalue weighted by atomic mass is 10.0. The van der Waals surface area contributed by atoms with Crippen molar-refractivity contribution in [2.24, 2.45) is 0 Å². The maximum Gasteiger partial charge on any atom is 0.340 e. The average molecular weight is 414 g/mol. The minimum atomic E-state index is -4.38. The van der Waals surface area contributed by atoms with Gasteiger partial charge in [0.2, 0.25) is 0 Å². The smallest absolute Gasteiger partial charge is 0.312 e. The zero-order chi connectivity index (χ0) is 22.3. The molecule has 0 saturated carbocycles. The first-order valence-electron chi connectivity index (χ1n) is 9.73. The Balaban J connectivity index is 2.75. The summed E-state index contributed by atoms with van der Waals surface area (Å²) >= 11 is 0. The van der Waals surface area contributed by atoms with Crippen LogP contribution in [0.1, 0.15) is 74.9 Å². The van der Waals surface area contributed by atoms with Gasteiger partial charge in [-0.05, 0) is 84.6 Å². The Hall–Kier alpha value is -2.03. The molecule has 0 aliphatic carbocycles. The molecule has 0 atom stereocenters. The van der Waals surface area contributed by atoms with Crippen molar-refractivity contribution < 1.29 is 18.7 Å². The van der Waals surface area contributed by atoms with E-state index in [9.17, 15) is 14.2 Å². The van der Waals surface area contributed by atoms with Gasteiger partial charge >= 0.3 is 7.37 Å². The van der Waals surface area contributed by atoms with Crippen molar-refractivity contribution in [2.75, 3.05) is 0 Å². The molecule has 0 N–H and O–H groups in total. The largest absolute Gasteiger partial charge is 0.340 e. The fourth-order valence-electron chi connectivity index (χ4n) is 3.89. The molecule has 2 rings (SSSR count). The molecule has 0 aliphatic heterocycles. The van der Waals surface area contributed by atoms with Gasteiger partial charge in [0.05, 0.1) is 5.60 Å². The van der Waals surface area contributed by atoms with Crippen LogP contribution in [0.4, 0.5) is 0 Å². The summed E-state index contributed by atoms with van der Waals surface area (Å²) in [6.45, 7) is 16.1. The van der Waals surface area contributed by atoms with Crippen molar-refractivity contribution in [3.05, 3.63) is 68.8 Å². The lowest BCUT2D eigenvalue weighted by Crippen LogP contribution is -2.25. The number of benzene rings is 2. The Bertz CT molecular complexity index is 922. The van der Waals surface area contributed by atoms with Crippen LogP contribution in [-0.4, -0.2) is 16.6 Å². The van der Waals surface area contributed by atoms with E-state index >= 15 is 0 Å². The third-order valence-electron chi connectivity index (χ3n) is 4.72. The van der Waals surface area contributed by atoms with E-state index in [-0.39, 0.29) is 0 Å². The molecule has 0 amide bonds. The molecule has 0 aromatic heterocycles. The van der Waals surface area contributed by atoms with Crippen LogP contribution in [0.2, 0.25) is 0 Å². The third kappa shape index (κ3) is 4.76. The second kappa shape index (κ2) is 8.01.